The van der Waals surface area contributed by atoms with Gasteiger partial charge in [0.1, 0.15) is 5.78 Å². The molecule has 16 heavy (non-hydrogen) atoms. The van der Waals surface area contributed by atoms with Crippen LogP contribution in [-0.4, -0.2) is 29.3 Å². The van der Waals surface area contributed by atoms with Gasteiger partial charge in [-0.05, 0) is 6.92 Å². The van der Waals surface area contributed by atoms with E-state index >= 15 is 0 Å². The normalized spacial score (nSPS) is 7.56. The molecule has 2 N–H and O–H groups in total. The van der Waals surface area contributed by atoms with E-state index in [1.807, 2.05) is 27.7 Å². The van der Waals surface area contributed by atoms with Crippen LogP contribution in [-0.2, 0) is 14.4 Å². The highest BCUT2D eigenvalue weighted by Gasteiger charge is 2.04. The summed E-state index contributed by atoms with van der Waals surface area (Å²) >= 11 is 0. The van der Waals surface area contributed by atoms with Gasteiger partial charge in [-0.3, -0.25) is 14.4 Å². The van der Waals surface area contributed by atoms with Crippen molar-refractivity contribution in [2.45, 2.75) is 47.5 Å². The Balaban J connectivity index is -0.000000376. The standard InChI is InChI=1S/C7H11NO4.2C2H6/c1-5(9)4-8-6(10)2-3-7(11)12;2*1-2/h2-4H2,1H3,(H,8,10)(H,11,12);2*1-2H3. The number of carboxylic acid groups (broad SMARTS) is 1. The number of amides is 1. The Morgan fingerprint density at radius 2 is 1.44 bits per heavy atom. The Bertz CT molecular complexity index is 182. The summed E-state index contributed by atoms with van der Waals surface area (Å²) in [5.41, 5.74) is 0. The smallest absolute Gasteiger partial charge is 0.303 e. The zero-order valence-corrected chi connectivity index (χ0v) is 10.8. The molecule has 0 aliphatic rings. The lowest BCUT2D eigenvalue weighted by molar-refractivity contribution is -0.138. The fraction of sp³-hybridized carbons (Fsp3) is 0.727. The molecular formula is C11H23NO4. The lowest BCUT2D eigenvalue weighted by atomic mass is 10.3. The van der Waals surface area contributed by atoms with Gasteiger partial charge < -0.3 is 10.4 Å². The molecule has 96 valence electrons. The molecule has 0 unspecified atom stereocenters. The lowest BCUT2D eigenvalue weighted by Crippen LogP contribution is -2.28. The summed E-state index contributed by atoms with van der Waals surface area (Å²) in [6.07, 6.45) is -0.285. The first-order valence-electron chi connectivity index (χ1n) is 5.50. The molecule has 1 amide bonds. The second kappa shape index (κ2) is 16.1. The molecule has 0 atom stereocenters. The molecule has 0 aliphatic carbocycles. The maximum atomic E-state index is 10.7. The van der Waals surface area contributed by atoms with Gasteiger partial charge in [0.15, 0.2) is 0 Å². The summed E-state index contributed by atoms with van der Waals surface area (Å²) < 4.78 is 0. The van der Waals surface area contributed by atoms with E-state index < -0.39 is 11.9 Å². The molecule has 0 radical (unpaired) electrons. The summed E-state index contributed by atoms with van der Waals surface area (Å²) in [5.74, 6) is -1.58. The molecule has 0 aromatic heterocycles. The molecule has 5 heteroatoms. The first kappa shape index (κ1) is 20.1. The lowest BCUT2D eigenvalue weighted by Gasteiger charge is -1.99. The summed E-state index contributed by atoms with van der Waals surface area (Å²) in [6.45, 7) is 9.32. The van der Waals surface area contributed by atoms with Crippen molar-refractivity contribution in [2.75, 3.05) is 6.54 Å². The SMILES string of the molecule is CC.CC.CC(=O)CNC(=O)CCC(=O)O. The third-order valence-electron chi connectivity index (χ3n) is 1.10. The Labute approximate surface area is 97.2 Å². The van der Waals surface area contributed by atoms with Gasteiger partial charge in [-0.2, -0.15) is 0 Å². The number of carboxylic acids is 1. The highest BCUT2D eigenvalue weighted by atomic mass is 16.4. The molecule has 0 heterocycles. The minimum atomic E-state index is -1.02. The molecule has 0 bridgehead atoms. The van der Waals surface area contributed by atoms with E-state index in [-0.39, 0.29) is 25.2 Å². The van der Waals surface area contributed by atoms with Crippen LogP contribution < -0.4 is 5.32 Å². The molecule has 0 aliphatic heterocycles. The Morgan fingerprint density at radius 1 is 1.00 bits per heavy atom. The largest absolute Gasteiger partial charge is 0.481 e. The first-order chi connectivity index (χ1) is 7.52. The average Bonchev–Trinajstić information content (AvgIpc) is 2.29. The van der Waals surface area contributed by atoms with Gasteiger partial charge in [0, 0.05) is 6.42 Å². The summed E-state index contributed by atoms with van der Waals surface area (Å²) in [7, 11) is 0. The van der Waals surface area contributed by atoms with Crippen molar-refractivity contribution in [2.24, 2.45) is 0 Å². The minimum Gasteiger partial charge on any atom is -0.481 e. The van der Waals surface area contributed by atoms with Crippen molar-refractivity contribution in [3.8, 4) is 0 Å². The monoisotopic (exact) mass is 233 g/mol. The molecule has 0 fully saturated rings. The van der Waals surface area contributed by atoms with E-state index in [0.29, 0.717) is 0 Å². The van der Waals surface area contributed by atoms with E-state index in [0.717, 1.165) is 0 Å². The molecule has 0 saturated heterocycles. The molecule has 0 spiro atoms. The van der Waals surface area contributed by atoms with Crippen molar-refractivity contribution >= 4 is 17.7 Å². The zero-order valence-electron chi connectivity index (χ0n) is 10.8. The first-order valence-corrected chi connectivity index (χ1v) is 5.50. The fourth-order valence-corrected chi connectivity index (χ4v) is 0.532. The predicted molar refractivity (Wildman–Crippen MR) is 63.3 cm³/mol. The Kier molecular flexibility index (Phi) is 20.1. The highest BCUT2D eigenvalue weighted by Crippen LogP contribution is 1.87. The van der Waals surface area contributed by atoms with Gasteiger partial charge in [0.05, 0.1) is 13.0 Å². The van der Waals surface area contributed by atoms with E-state index in [2.05, 4.69) is 5.32 Å². The van der Waals surface area contributed by atoms with Crippen molar-refractivity contribution in [3.63, 3.8) is 0 Å². The Morgan fingerprint density at radius 3 is 1.75 bits per heavy atom. The number of carbonyl (C=O) groups excluding carboxylic acids is 2. The van der Waals surface area contributed by atoms with Crippen LogP contribution in [0.2, 0.25) is 0 Å². The minimum absolute atomic E-state index is 0.0293. The number of aliphatic carboxylic acids is 1. The maximum absolute atomic E-state index is 10.7. The van der Waals surface area contributed by atoms with Crippen LogP contribution in [0.15, 0.2) is 0 Å². The van der Waals surface area contributed by atoms with Crippen LogP contribution in [0.1, 0.15) is 47.5 Å². The van der Waals surface area contributed by atoms with Crippen molar-refractivity contribution < 1.29 is 19.5 Å². The number of hydrogen-bond acceptors (Lipinski definition) is 3. The molecule has 0 aromatic carbocycles. The summed E-state index contributed by atoms with van der Waals surface area (Å²) in [4.78, 5) is 31.1. The van der Waals surface area contributed by atoms with Crippen LogP contribution in [0.3, 0.4) is 0 Å². The molecular weight excluding hydrogens is 210 g/mol. The Hall–Kier alpha value is -1.39. The number of hydrogen-bond donors (Lipinski definition) is 2. The third kappa shape index (κ3) is 22.9. The second-order valence-corrected chi connectivity index (χ2v) is 2.37. The number of nitrogens with one attached hydrogen (secondary N) is 1. The third-order valence-corrected chi connectivity index (χ3v) is 1.10. The van der Waals surface area contributed by atoms with Crippen molar-refractivity contribution in [1.29, 1.82) is 0 Å². The topological polar surface area (TPSA) is 83.5 Å². The summed E-state index contributed by atoms with van der Waals surface area (Å²) in [6, 6.07) is 0. The van der Waals surface area contributed by atoms with Gasteiger partial charge in [0.25, 0.3) is 0 Å². The number of carbonyl (C=O) groups is 3. The van der Waals surface area contributed by atoms with Crippen LogP contribution in [0.5, 0.6) is 0 Å². The van der Waals surface area contributed by atoms with Crippen molar-refractivity contribution in [1.82, 2.24) is 5.32 Å². The van der Waals surface area contributed by atoms with Gasteiger partial charge in [-0.15, -0.1) is 0 Å². The van der Waals surface area contributed by atoms with Crippen LogP contribution in [0, 0.1) is 0 Å². The van der Waals surface area contributed by atoms with E-state index in [1.165, 1.54) is 6.92 Å². The highest BCUT2D eigenvalue weighted by molar-refractivity contribution is 5.85. The van der Waals surface area contributed by atoms with Gasteiger partial charge in [0.2, 0.25) is 5.91 Å². The van der Waals surface area contributed by atoms with Gasteiger partial charge in [-0.1, -0.05) is 27.7 Å². The maximum Gasteiger partial charge on any atom is 0.303 e. The van der Waals surface area contributed by atoms with Gasteiger partial charge in [-0.25, -0.2) is 0 Å². The molecule has 5 nitrogen and oxygen atoms in total. The molecule has 0 aromatic rings. The van der Waals surface area contributed by atoms with Crippen LogP contribution in [0.25, 0.3) is 0 Å². The second-order valence-electron chi connectivity index (χ2n) is 2.37. The van der Waals surface area contributed by atoms with Crippen LogP contribution in [0.4, 0.5) is 0 Å². The predicted octanol–water partition coefficient (Wildman–Crippen LogP) is 1.61. The van der Waals surface area contributed by atoms with E-state index in [4.69, 9.17) is 5.11 Å². The fourth-order valence-electron chi connectivity index (χ4n) is 0.532. The number of rotatable bonds is 5. The quantitative estimate of drug-likeness (QED) is 0.755. The molecule has 0 saturated carbocycles. The van der Waals surface area contributed by atoms with E-state index in [1.54, 1.807) is 0 Å². The summed E-state index contributed by atoms with van der Waals surface area (Å²) in [5, 5.41) is 10.5. The van der Waals surface area contributed by atoms with Crippen molar-refractivity contribution in [3.05, 3.63) is 0 Å². The van der Waals surface area contributed by atoms with E-state index in [9.17, 15) is 14.4 Å². The number of ketones is 1. The zero-order chi connectivity index (χ0) is 13.6. The molecule has 0 rings (SSSR count). The average molecular weight is 233 g/mol. The number of Topliss-reactive ketones (excluding diaryl/α,β-unsaturated/α-hetero) is 1. The van der Waals surface area contributed by atoms with Gasteiger partial charge >= 0.3 is 5.97 Å². The van der Waals surface area contributed by atoms with Crippen LogP contribution >= 0.6 is 0 Å².